The number of hydrogen-bond acceptors (Lipinski definition) is 5. The molecule has 1 aromatic rings. The molecule has 1 aromatic heterocycles. The summed E-state index contributed by atoms with van der Waals surface area (Å²) in [6.45, 7) is 8.24. The van der Waals surface area contributed by atoms with Crippen molar-refractivity contribution in [1.29, 1.82) is 0 Å². The maximum Gasteiger partial charge on any atom is 0.236 e. The highest BCUT2D eigenvalue weighted by atomic mass is 16.5. The second-order valence-electron chi connectivity index (χ2n) is 6.43. The molecular formula is C17H26N4O2. The summed E-state index contributed by atoms with van der Waals surface area (Å²) in [5.41, 5.74) is 1.03. The summed E-state index contributed by atoms with van der Waals surface area (Å²) in [7, 11) is 0. The van der Waals surface area contributed by atoms with Gasteiger partial charge >= 0.3 is 0 Å². The Morgan fingerprint density at radius 3 is 2.96 bits per heavy atom. The van der Waals surface area contributed by atoms with Crippen LogP contribution in [0.4, 0.5) is 5.82 Å². The number of carbonyl (C=O) groups excluding carboxylic acids is 1. The first-order chi connectivity index (χ1) is 11.2. The molecule has 1 atom stereocenters. The zero-order valence-electron chi connectivity index (χ0n) is 13.8. The molecule has 0 spiro atoms. The summed E-state index contributed by atoms with van der Waals surface area (Å²) in [5, 5.41) is 3.42. The van der Waals surface area contributed by atoms with Gasteiger partial charge in [-0.3, -0.25) is 9.69 Å². The van der Waals surface area contributed by atoms with Crippen LogP contribution in [0, 0.1) is 12.8 Å². The van der Waals surface area contributed by atoms with Crippen molar-refractivity contribution in [2.24, 2.45) is 5.92 Å². The van der Waals surface area contributed by atoms with Crippen molar-refractivity contribution in [3.63, 3.8) is 0 Å². The van der Waals surface area contributed by atoms with Gasteiger partial charge in [-0.05, 0) is 37.9 Å². The van der Waals surface area contributed by atoms with E-state index in [0.717, 1.165) is 50.7 Å². The van der Waals surface area contributed by atoms with E-state index in [1.807, 2.05) is 30.0 Å². The van der Waals surface area contributed by atoms with Crippen LogP contribution in [0.15, 0.2) is 18.2 Å². The van der Waals surface area contributed by atoms with Crippen molar-refractivity contribution in [2.75, 3.05) is 57.8 Å². The van der Waals surface area contributed by atoms with Crippen molar-refractivity contribution in [1.82, 2.24) is 14.8 Å². The van der Waals surface area contributed by atoms with Gasteiger partial charge in [-0.15, -0.1) is 0 Å². The molecule has 2 saturated heterocycles. The number of morpholine rings is 1. The molecule has 2 aliphatic rings. The third kappa shape index (κ3) is 4.65. The number of nitrogens with one attached hydrogen (secondary N) is 1. The highest BCUT2D eigenvalue weighted by Crippen LogP contribution is 2.17. The molecule has 3 heterocycles. The lowest BCUT2D eigenvalue weighted by atomic mass is 10.1. The molecule has 2 aliphatic heterocycles. The molecule has 2 fully saturated rings. The van der Waals surface area contributed by atoms with Crippen molar-refractivity contribution in [2.45, 2.75) is 13.3 Å². The van der Waals surface area contributed by atoms with Gasteiger partial charge in [0.2, 0.25) is 5.91 Å². The minimum absolute atomic E-state index is 0.238. The molecule has 3 rings (SSSR count). The number of hydrogen-bond donors (Lipinski definition) is 1. The molecule has 0 aliphatic carbocycles. The van der Waals surface area contributed by atoms with E-state index in [0.29, 0.717) is 25.7 Å². The minimum Gasteiger partial charge on any atom is -0.378 e. The number of likely N-dealkylation sites (tertiary alicyclic amines) is 1. The summed E-state index contributed by atoms with van der Waals surface area (Å²) in [6, 6.07) is 6.02. The quantitative estimate of drug-likeness (QED) is 0.877. The summed E-state index contributed by atoms with van der Waals surface area (Å²) < 4.78 is 5.30. The van der Waals surface area contributed by atoms with E-state index in [9.17, 15) is 4.79 Å². The zero-order valence-corrected chi connectivity index (χ0v) is 13.8. The number of aryl methyl sites for hydroxylation is 1. The lowest BCUT2D eigenvalue weighted by molar-refractivity contribution is -0.136. The fraction of sp³-hybridized carbons (Fsp3) is 0.647. The lowest BCUT2D eigenvalue weighted by Gasteiger charge is -2.28. The predicted octanol–water partition coefficient (Wildman–Crippen LogP) is 0.983. The second kappa shape index (κ2) is 7.75. The number of amides is 1. The van der Waals surface area contributed by atoms with Gasteiger partial charge in [-0.1, -0.05) is 6.07 Å². The van der Waals surface area contributed by atoms with E-state index in [1.54, 1.807) is 0 Å². The fourth-order valence-electron chi connectivity index (χ4n) is 3.22. The van der Waals surface area contributed by atoms with Crippen LogP contribution in [0.1, 0.15) is 12.1 Å². The number of rotatable bonds is 5. The van der Waals surface area contributed by atoms with Gasteiger partial charge in [-0.2, -0.15) is 0 Å². The number of ether oxygens (including phenoxy) is 1. The molecule has 1 amide bonds. The molecule has 0 bridgehead atoms. The molecule has 0 aromatic carbocycles. The molecule has 0 radical (unpaired) electrons. The van der Waals surface area contributed by atoms with E-state index in [1.165, 1.54) is 0 Å². The zero-order chi connectivity index (χ0) is 16.1. The number of anilines is 1. The summed E-state index contributed by atoms with van der Waals surface area (Å²) in [6.07, 6.45) is 1.13. The molecule has 1 N–H and O–H groups in total. The Bertz CT molecular complexity index is 531. The Morgan fingerprint density at radius 1 is 1.35 bits per heavy atom. The average Bonchev–Trinajstić information content (AvgIpc) is 3.01. The van der Waals surface area contributed by atoms with Crippen molar-refractivity contribution in [3.05, 3.63) is 23.9 Å². The molecule has 6 heteroatoms. The van der Waals surface area contributed by atoms with Crippen molar-refractivity contribution in [3.8, 4) is 0 Å². The molecule has 6 nitrogen and oxygen atoms in total. The van der Waals surface area contributed by atoms with E-state index >= 15 is 0 Å². The SMILES string of the molecule is Cc1cccc(NCC2CCN(CC(=O)N3CCOCC3)C2)n1. The highest BCUT2D eigenvalue weighted by Gasteiger charge is 2.26. The van der Waals surface area contributed by atoms with Gasteiger partial charge in [0.25, 0.3) is 0 Å². The largest absolute Gasteiger partial charge is 0.378 e. The standard InChI is InChI=1S/C17H26N4O2/c1-14-3-2-4-16(19-14)18-11-15-5-6-20(12-15)13-17(22)21-7-9-23-10-8-21/h2-4,15H,5-13H2,1H3,(H,18,19). The van der Waals surface area contributed by atoms with E-state index < -0.39 is 0 Å². The smallest absolute Gasteiger partial charge is 0.236 e. The van der Waals surface area contributed by atoms with Crippen molar-refractivity contribution < 1.29 is 9.53 Å². The van der Waals surface area contributed by atoms with Gasteiger partial charge in [-0.25, -0.2) is 4.98 Å². The summed E-state index contributed by atoms with van der Waals surface area (Å²) >= 11 is 0. The Hall–Kier alpha value is -1.66. The molecule has 0 saturated carbocycles. The van der Waals surface area contributed by atoms with Crippen LogP contribution in [0.25, 0.3) is 0 Å². The average molecular weight is 318 g/mol. The van der Waals surface area contributed by atoms with E-state index in [4.69, 9.17) is 4.74 Å². The Morgan fingerprint density at radius 2 is 2.17 bits per heavy atom. The van der Waals surface area contributed by atoms with Crippen LogP contribution in [0.2, 0.25) is 0 Å². The van der Waals surface area contributed by atoms with Gasteiger partial charge in [0.1, 0.15) is 5.82 Å². The topological polar surface area (TPSA) is 57.7 Å². The fourth-order valence-corrected chi connectivity index (χ4v) is 3.22. The van der Waals surface area contributed by atoms with Crippen LogP contribution >= 0.6 is 0 Å². The maximum absolute atomic E-state index is 12.3. The minimum atomic E-state index is 0.238. The first-order valence-corrected chi connectivity index (χ1v) is 8.46. The van der Waals surface area contributed by atoms with Crippen LogP contribution in [0.5, 0.6) is 0 Å². The van der Waals surface area contributed by atoms with Crippen molar-refractivity contribution >= 4 is 11.7 Å². The van der Waals surface area contributed by atoms with Gasteiger partial charge in [0, 0.05) is 31.9 Å². The lowest BCUT2D eigenvalue weighted by Crippen LogP contribution is -2.45. The first kappa shape index (κ1) is 16.2. The third-order valence-corrected chi connectivity index (χ3v) is 4.55. The summed E-state index contributed by atoms with van der Waals surface area (Å²) in [4.78, 5) is 20.9. The summed E-state index contributed by atoms with van der Waals surface area (Å²) in [5.74, 6) is 1.75. The second-order valence-corrected chi connectivity index (χ2v) is 6.43. The van der Waals surface area contributed by atoms with Gasteiger partial charge in [0.15, 0.2) is 0 Å². The first-order valence-electron chi connectivity index (χ1n) is 8.46. The Balaban J connectivity index is 1.40. The predicted molar refractivity (Wildman–Crippen MR) is 89.4 cm³/mol. The van der Waals surface area contributed by atoms with E-state index in [2.05, 4.69) is 15.2 Å². The normalized spacial score (nSPS) is 22.3. The van der Waals surface area contributed by atoms with Gasteiger partial charge < -0.3 is 15.0 Å². The molecule has 1 unspecified atom stereocenters. The Labute approximate surface area is 137 Å². The van der Waals surface area contributed by atoms with Gasteiger partial charge in [0.05, 0.1) is 19.8 Å². The van der Waals surface area contributed by atoms with E-state index in [-0.39, 0.29) is 5.91 Å². The third-order valence-electron chi connectivity index (χ3n) is 4.55. The van der Waals surface area contributed by atoms with Crippen LogP contribution in [0.3, 0.4) is 0 Å². The molecule has 23 heavy (non-hydrogen) atoms. The van der Waals surface area contributed by atoms with Crippen LogP contribution in [-0.4, -0.2) is 73.2 Å². The highest BCUT2D eigenvalue weighted by molar-refractivity contribution is 5.78. The van der Waals surface area contributed by atoms with Crippen LogP contribution < -0.4 is 5.32 Å². The monoisotopic (exact) mass is 318 g/mol. The maximum atomic E-state index is 12.3. The molecule has 126 valence electrons. The molecular weight excluding hydrogens is 292 g/mol. The number of carbonyl (C=O) groups is 1. The number of aromatic nitrogens is 1. The Kier molecular flexibility index (Phi) is 5.46. The number of pyridine rings is 1. The van der Waals surface area contributed by atoms with Crippen LogP contribution in [-0.2, 0) is 9.53 Å². The number of nitrogens with zero attached hydrogens (tertiary/aromatic N) is 3.